The summed E-state index contributed by atoms with van der Waals surface area (Å²) in [5, 5.41) is 1.51. The number of rotatable bonds is 4. The zero-order chi connectivity index (χ0) is 15.4. The first-order valence-electron chi connectivity index (χ1n) is 6.80. The summed E-state index contributed by atoms with van der Waals surface area (Å²) in [5.41, 5.74) is 2.34. The van der Waals surface area contributed by atoms with Crippen molar-refractivity contribution in [2.45, 2.75) is 10.1 Å². The molecule has 1 nitrogen and oxygen atoms in total. The van der Waals surface area contributed by atoms with Gasteiger partial charge < -0.3 is 0 Å². The van der Waals surface area contributed by atoms with Crippen LogP contribution in [0.2, 0.25) is 10.0 Å². The van der Waals surface area contributed by atoms with Gasteiger partial charge in [0.1, 0.15) is 0 Å². The SMILES string of the molecule is Clc1ccc(Cl)c(SC(c2ccccc2)c2cccnc2)c1. The largest absolute Gasteiger partial charge is 0.264 e. The second-order valence-corrected chi connectivity index (χ2v) is 6.76. The molecule has 0 saturated heterocycles. The van der Waals surface area contributed by atoms with E-state index in [1.54, 1.807) is 24.0 Å². The molecule has 0 N–H and O–H groups in total. The Morgan fingerprint density at radius 2 is 1.64 bits per heavy atom. The molecular weight excluding hydrogens is 333 g/mol. The molecule has 1 unspecified atom stereocenters. The van der Waals surface area contributed by atoms with Gasteiger partial charge in [0.15, 0.2) is 0 Å². The summed E-state index contributed by atoms with van der Waals surface area (Å²) >= 11 is 14.1. The molecule has 3 aromatic rings. The number of pyridine rings is 1. The first kappa shape index (κ1) is 15.4. The van der Waals surface area contributed by atoms with Gasteiger partial charge in [-0.05, 0) is 35.4 Å². The summed E-state index contributed by atoms with van der Waals surface area (Å²) < 4.78 is 0. The van der Waals surface area contributed by atoms with Crippen LogP contribution >= 0.6 is 35.0 Å². The Morgan fingerprint density at radius 1 is 0.864 bits per heavy atom. The predicted octanol–water partition coefficient (Wildman–Crippen LogP) is 6.27. The number of hydrogen-bond donors (Lipinski definition) is 0. The van der Waals surface area contributed by atoms with Crippen molar-refractivity contribution >= 4 is 35.0 Å². The Bertz CT molecular complexity index is 708. The van der Waals surface area contributed by atoms with Crippen LogP contribution in [0.25, 0.3) is 0 Å². The predicted molar refractivity (Wildman–Crippen MR) is 94.8 cm³/mol. The molecule has 0 aliphatic rings. The van der Waals surface area contributed by atoms with Crippen LogP contribution in [0.4, 0.5) is 0 Å². The number of aromatic nitrogens is 1. The molecule has 110 valence electrons. The molecule has 0 aliphatic carbocycles. The molecule has 1 heterocycles. The van der Waals surface area contributed by atoms with E-state index in [9.17, 15) is 0 Å². The molecule has 0 radical (unpaired) electrons. The lowest BCUT2D eigenvalue weighted by Gasteiger charge is -2.18. The molecule has 0 aliphatic heterocycles. The van der Waals surface area contributed by atoms with E-state index < -0.39 is 0 Å². The number of benzene rings is 2. The highest BCUT2D eigenvalue weighted by Crippen LogP contribution is 2.43. The lowest BCUT2D eigenvalue weighted by Crippen LogP contribution is -1.97. The van der Waals surface area contributed by atoms with E-state index in [1.807, 2.05) is 42.6 Å². The third-order valence-corrected chi connectivity index (χ3v) is 5.28. The normalized spacial score (nSPS) is 12.1. The second-order valence-electron chi connectivity index (χ2n) is 4.77. The number of nitrogens with zero attached hydrogens (tertiary/aromatic N) is 1. The van der Waals surface area contributed by atoms with Crippen LogP contribution in [0.15, 0.2) is 78.0 Å². The number of thioether (sulfide) groups is 1. The average molecular weight is 346 g/mol. The molecular formula is C18H13Cl2NS. The highest BCUT2D eigenvalue weighted by atomic mass is 35.5. The van der Waals surface area contributed by atoms with E-state index in [0.717, 1.165) is 10.5 Å². The lowest BCUT2D eigenvalue weighted by molar-refractivity contribution is 1.11. The molecule has 0 fully saturated rings. The van der Waals surface area contributed by atoms with Crippen LogP contribution in [0.1, 0.15) is 16.4 Å². The Balaban J connectivity index is 2.01. The third kappa shape index (κ3) is 3.64. The van der Waals surface area contributed by atoms with Gasteiger partial charge in [0.2, 0.25) is 0 Å². The second kappa shape index (κ2) is 7.19. The third-order valence-electron chi connectivity index (χ3n) is 3.23. The highest BCUT2D eigenvalue weighted by Gasteiger charge is 2.17. The summed E-state index contributed by atoms with van der Waals surface area (Å²) in [4.78, 5) is 5.21. The van der Waals surface area contributed by atoms with Crippen molar-refractivity contribution in [1.29, 1.82) is 0 Å². The minimum Gasteiger partial charge on any atom is -0.264 e. The van der Waals surface area contributed by atoms with Gasteiger partial charge in [-0.1, -0.05) is 59.6 Å². The Kier molecular flexibility index (Phi) is 5.04. The van der Waals surface area contributed by atoms with Crippen LogP contribution < -0.4 is 0 Å². The van der Waals surface area contributed by atoms with E-state index in [4.69, 9.17) is 23.2 Å². The summed E-state index contributed by atoms with van der Waals surface area (Å²) in [6, 6.07) is 19.9. The van der Waals surface area contributed by atoms with Crippen molar-refractivity contribution in [1.82, 2.24) is 4.98 Å². The molecule has 0 bridgehead atoms. The van der Waals surface area contributed by atoms with Gasteiger partial charge in [-0.15, -0.1) is 11.8 Å². The van der Waals surface area contributed by atoms with Crippen molar-refractivity contribution in [2.75, 3.05) is 0 Å². The van der Waals surface area contributed by atoms with Gasteiger partial charge in [-0.2, -0.15) is 0 Å². The summed E-state index contributed by atoms with van der Waals surface area (Å²) in [6.45, 7) is 0. The fraction of sp³-hybridized carbons (Fsp3) is 0.0556. The maximum atomic E-state index is 6.32. The fourth-order valence-corrected chi connectivity index (χ4v) is 3.87. The molecule has 4 heteroatoms. The van der Waals surface area contributed by atoms with E-state index >= 15 is 0 Å². The van der Waals surface area contributed by atoms with Gasteiger partial charge >= 0.3 is 0 Å². The van der Waals surface area contributed by atoms with Gasteiger partial charge in [-0.25, -0.2) is 0 Å². The maximum absolute atomic E-state index is 6.32. The van der Waals surface area contributed by atoms with Crippen LogP contribution in [-0.4, -0.2) is 4.98 Å². The zero-order valence-electron chi connectivity index (χ0n) is 11.6. The van der Waals surface area contributed by atoms with E-state index in [1.165, 1.54) is 5.56 Å². The quantitative estimate of drug-likeness (QED) is 0.516. The van der Waals surface area contributed by atoms with Crippen LogP contribution in [0, 0.1) is 0 Å². The van der Waals surface area contributed by atoms with Crippen molar-refractivity contribution in [2.24, 2.45) is 0 Å². The Labute approximate surface area is 144 Å². The van der Waals surface area contributed by atoms with Gasteiger partial charge in [0.25, 0.3) is 0 Å². The summed E-state index contributed by atoms with van der Waals surface area (Å²) in [6.07, 6.45) is 3.67. The smallest absolute Gasteiger partial charge is 0.0609 e. The molecule has 2 aromatic carbocycles. The van der Waals surface area contributed by atoms with E-state index in [2.05, 4.69) is 23.2 Å². The first-order chi connectivity index (χ1) is 10.7. The average Bonchev–Trinajstić information content (AvgIpc) is 2.57. The van der Waals surface area contributed by atoms with Crippen LogP contribution in [-0.2, 0) is 0 Å². The monoisotopic (exact) mass is 345 g/mol. The standard InChI is InChI=1S/C18H13Cl2NS/c19-15-8-9-16(20)17(11-15)22-18(13-5-2-1-3-6-13)14-7-4-10-21-12-14/h1-12,18H. The Morgan fingerprint density at radius 3 is 2.36 bits per heavy atom. The fourth-order valence-electron chi connectivity index (χ4n) is 2.18. The molecule has 22 heavy (non-hydrogen) atoms. The maximum Gasteiger partial charge on any atom is 0.0609 e. The van der Waals surface area contributed by atoms with Crippen molar-refractivity contribution < 1.29 is 0 Å². The van der Waals surface area contributed by atoms with E-state index in [-0.39, 0.29) is 5.25 Å². The minimum absolute atomic E-state index is 0.117. The molecule has 1 aromatic heterocycles. The van der Waals surface area contributed by atoms with Crippen LogP contribution in [0.5, 0.6) is 0 Å². The molecule has 0 amide bonds. The Hall–Kier alpha value is -1.48. The van der Waals surface area contributed by atoms with Crippen LogP contribution in [0.3, 0.4) is 0 Å². The van der Waals surface area contributed by atoms with Gasteiger partial charge in [0.05, 0.1) is 10.3 Å². The number of halogens is 2. The van der Waals surface area contributed by atoms with Crippen molar-refractivity contribution in [3.63, 3.8) is 0 Å². The van der Waals surface area contributed by atoms with Gasteiger partial charge in [-0.3, -0.25) is 4.98 Å². The summed E-state index contributed by atoms with van der Waals surface area (Å²) in [7, 11) is 0. The zero-order valence-corrected chi connectivity index (χ0v) is 13.9. The van der Waals surface area contributed by atoms with Crippen molar-refractivity contribution in [3.05, 3.63) is 94.2 Å². The minimum atomic E-state index is 0.117. The topological polar surface area (TPSA) is 12.9 Å². The van der Waals surface area contributed by atoms with E-state index in [0.29, 0.717) is 10.0 Å². The summed E-state index contributed by atoms with van der Waals surface area (Å²) in [5.74, 6) is 0. The van der Waals surface area contributed by atoms with Gasteiger partial charge in [0, 0.05) is 22.3 Å². The first-order valence-corrected chi connectivity index (χ1v) is 8.44. The number of hydrogen-bond acceptors (Lipinski definition) is 2. The molecule has 0 saturated carbocycles. The highest BCUT2D eigenvalue weighted by molar-refractivity contribution is 7.99. The lowest BCUT2D eigenvalue weighted by atomic mass is 10.1. The molecule has 3 rings (SSSR count). The molecule has 0 spiro atoms. The molecule has 1 atom stereocenters. The van der Waals surface area contributed by atoms with Crippen molar-refractivity contribution in [3.8, 4) is 0 Å².